The Bertz CT molecular complexity index is 1500. The van der Waals surface area contributed by atoms with Crippen LogP contribution in [0.1, 0.15) is 119 Å². The number of aliphatic hydroxyl groups is 6. The number of ether oxygens (including phenoxy) is 7. The predicted octanol–water partition coefficient (Wildman–Crippen LogP) is 2.81. The van der Waals surface area contributed by atoms with Gasteiger partial charge in [0.05, 0.1) is 54.4 Å². The van der Waals surface area contributed by atoms with Crippen molar-refractivity contribution < 1.29 is 73.4 Å². The lowest BCUT2D eigenvalue weighted by atomic mass is 9.42. The lowest BCUT2D eigenvalue weighted by Gasteiger charge is -2.65. The van der Waals surface area contributed by atoms with E-state index in [1.54, 1.807) is 19.9 Å². The smallest absolute Gasteiger partial charge is 0.331 e. The second-order valence-electron chi connectivity index (χ2n) is 19.7. The molecule has 0 aromatic heterocycles. The third kappa shape index (κ3) is 8.59. The van der Waals surface area contributed by atoms with Gasteiger partial charge in [-0.3, -0.25) is 0 Å². The number of carbonyl (C=O) groups is 2. The van der Waals surface area contributed by atoms with Crippen molar-refractivity contribution in [3.05, 3.63) is 11.6 Å². The Morgan fingerprint density at radius 3 is 1.81 bits per heavy atom. The van der Waals surface area contributed by atoms with Crippen molar-refractivity contribution in [2.75, 3.05) is 6.61 Å². The molecule has 4 aliphatic heterocycles. The summed E-state index contributed by atoms with van der Waals surface area (Å²) in [6.45, 7) is 13.0. The zero-order valence-corrected chi connectivity index (χ0v) is 35.8. The van der Waals surface area contributed by atoms with Crippen molar-refractivity contribution in [2.45, 2.75) is 211 Å². The van der Waals surface area contributed by atoms with E-state index in [-0.39, 0.29) is 66.9 Å². The van der Waals surface area contributed by atoms with Crippen LogP contribution in [0.4, 0.5) is 0 Å². The number of carbonyl (C=O) groups excluding carboxylic acids is 2. The summed E-state index contributed by atoms with van der Waals surface area (Å²) in [5.41, 5.74) is -0.892. The van der Waals surface area contributed by atoms with Gasteiger partial charge in [-0.1, -0.05) is 13.8 Å². The van der Waals surface area contributed by atoms with E-state index < -0.39 is 90.9 Å². The minimum atomic E-state index is -1.01. The highest BCUT2D eigenvalue weighted by Crippen LogP contribution is 2.70. The van der Waals surface area contributed by atoms with E-state index in [0.717, 1.165) is 44.1 Å². The molecule has 15 nitrogen and oxygen atoms in total. The molecule has 4 aliphatic carbocycles. The van der Waals surface area contributed by atoms with Crippen LogP contribution in [0, 0.1) is 34.5 Å². The highest BCUT2D eigenvalue weighted by atomic mass is 16.7. The van der Waals surface area contributed by atoms with E-state index in [1.807, 2.05) is 13.8 Å². The molecule has 3 saturated heterocycles. The van der Waals surface area contributed by atoms with Crippen molar-refractivity contribution >= 4 is 11.8 Å². The van der Waals surface area contributed by atoms with Crippen molar-refractivity contribution in [1.82, 2.24) is 0 Å². The molecule has 0 amide bonds. The summed E-state index contributed by atoms with van der Waals surface area (Å²) in [5.74, 6) is 0.371. The molecule has 0 aromatic carbocycles. The number of hydrogen-bond acceptors (Lipinski definition) is 15. The van der Waals surface area contributed by atoms with Crippen molar-refractivity contribution in [2.24, 2.45) is 34.5 Å². The lowest BCUT2D eigenvalue weighted by molar-refractivity contribution is -0.336. The van der Waals surface area contributed by atoms with Gasteiger partial charge >= 0.3 is 5.97 Å². The largest absolute Gasteiger partial charge is 0.458 e. The first kappa shape index (κ1) is 45.4. The van der Waals surface area contributed by atoms with Gasteiger partial charge in [-0.25, -0.2) is 4.79 Å². The molecule has 0 radical (unpaired) electrons. The van der Waals surface area contributed by atoms with Crippen LogP contribution in [0.5, 0.6) is 0 Å². The summed E-state index contributed by atoms with van der Waals surface area (Å²) in [6, 6.07) is 0. The minimum Gasteiger partial charge on any atom is -0.458 e. The van der Waals surface area contributed by atoms with E-state index in [4.69, 9.17) is 33.2 Å². The molecule has 59 heavy (non-hydrogen) atoms. The number of Topliss-reactive ketones (excluding diaryl/α,β-unsaturated/α-hetero) is 1. The van der Waals surface area contributed by atoms with Crippen LogP contribution in [-0.2, 0) is 42.7 Å². The van der Waals surface area contributed by atoms with Crippen LogP contribution in [0.25, 0.3) is 0 Å². The van der Waals surface area contributed by atoms with Gasteiger partial charge in [0.1, 0.15) is 30.7 Å². The van der Waals surface area contributed by atoms with Crippen LogP contribution in [0.2, 0.25) is 0 Å². The van der Waals surface area contributed by atoms with Gasteiger partial charge in [-0.15, -0.1) is 0 Å². The first-order valence-electron chi connectivity index (χ1n) is 22.1. The zero-order valence-electron chi connectivity index (χ0n) is 35.8. The Morgan fingerprint density at radius 2 is 1.27 bits per heavy atom. The highest BCUT2D eigenvalue weighted by molar-refractivity contribution is 5.85. The topological polar surface area (TPSA) is 220 Å². The van der Waals surface area contributed by atoms with Crippen LogP contribution in [0.15, 0.2) is 11.6 Å². The number of cyclic esters (lactones) is 1. The molecular weight excluding hydrogens is 768 g/mol. The Kier molecular flexibility index (Phi) is 13.5. The molecule has 7 fully saturated rings. The van der Waals surface area contributed by atoms with E-state index in [9.17, 15) is 40.2 Å². The summed E-state index contributed by atoms with van der Waals surface area (Å²) in [7, 11) is 0. The lowest BCUT2D eigenvalue weighted by Crippen LogP contribution is -2.67. The maximum Gasteiger partial charge on any atom is 0.331 e. The first-order chi connectivity index (χ1) is 27.7. The van der Waals surface area contributed by atoms with Crippen LogP contribution in [-0.4, -0.2) is 141 Å². The van der Waals surface area contributed by atoms with Crippen molar-refractivity contribution in [1.29, 1.82) is 0 Å². The monoisotopic (exact) mass is 838 g/mol. The molecule has 4 saturated carbocycles. The first-order valence-corrected chi connectivity index (χ1v) is 22.1. The van der Waals surface area contributed by atoms with Gasteiger partial charge < -0.3 is 68.6 Å². The molecule has 0 aromatic rings. The summed E-state index contributed by atoms with van der Waals surface area (Å²) in [4.78, 5) is 21.4. The number of esters is 1. The molecule has 4 heterocycles. The van der Waals surface area contributed by atoms with E-state index in [1.165, 1.54) is 13.8 Å². The molecule has 21 atom stereocenters. The number of aliphatic hydroxyl groups excluding tert-OH is 5. The number of rotatable bonds is 7. The fourth-order valence-electron chi connectivity index (χ4n) is 12.8. The van der Waals surface area contributed by atoms with Gasteiger partial charge in [-0.05, 0) is 121 Å². The number of fused-ring (bicyclic) bond motifs is 5. The SMILES string of the molecule is CC(C)=O.C[C@H]1O[C@@H](O[C@H]2[C@@H](O)C[C@H](O[C@H]3[C@@H](O)C[C@H](O[C@H]4CC[C@@]5(C)[C@H](CC[C@@H]6[C@@H]5C[C@@H](O)[C@]5(C)[C@@H](C7=CC(=O)OC7)CC[C@]65O)C4)O[C@@H]3C)O[C@@H]2C)C[C@H](O)[C@@H]1O. The average Bonchev–Trinajstić information content (AvgIpc) is 3.70. The van der Waals surface area contributed by atoms with Crippen LogP contribution < -0.4 is 0 Å². The second kappa shape index (κ2) is 17.5. The normalized spacial score (nSPS) is 52.2. The van der Waals surface area contributed by atoms with Gasteiger partial charge in [-0.2, -0.15) is 0 Å². The standard InChI is InChI=1S/C41H64O14.C3H6O/c1-19-36(47)28(42)15-34(50-19)54-38-21(3)52-35(17-30(38)44)55-37-20(2)51-33(16-29(37)43)53-24-8-10-39(4)23(13-24)6-7-26-27(39)14-31(45)40(5)25(9-11-41(26,40)48)22-12-32(46)49-18-22;1-3(2)4/h12,19-21,23-31,33-38,42-45,47-48H,6-11,13-18H2,1-5H3;1-2H3/t19-,20-,21-,23-,24+,25-,26-,27+,28+,29+,30+,31-,33+,34+,35+,36-,37-,38-,39+,40+,41+;/m1./s1. The molecule has 0 bridgehead atoms. The zero-order chi connectivity index (χ0) is 42.8. The number of ketones is 1. The Hall–Kier alpha value is -1.60. The molecule has 0 unspecified atom stereocenters. The maximum absolute atomic E-state index is 12.6. The highest BCUT2D eigenvalue weighted by Gasteiger charge is 2.71. The second-order valence-corrected chi connectivity index (χ2v) is 19.7. The van der Waals surface area contributed by atoms with Crippen molar-refractivity contribution in [3.63, 3.8) is 0 Å². The molecule has 8 aliphatic rings. The molecule has 15 heteroatoms. The maximum atomic E-state index is 12.6. The summed E-state index contributed by atoms with van der Waals surface area (Å²) < 4.78 is 42.1. The Balaban J connectivity index is 0.00000126. The molecule has 336 valence electrons. The van der Waals surface area contributed by atoms with Crippen molar-refractivity contribution in [3.8, 4) is 0 Å². The Labute approximate surface area is 348 Å². The van der Waals surface area contributed by atoms with Gasteiger partial charge in [0, 0.05) is 30.8 Å². The summed E-state index contributed by atoms with van der Waals surface area (Å²) >= 11 is 0. The molecule has 0 spiro atoms. The fraction of sp³-hybridized carbons (Fsp3) is 0.909. The van der Waals surface area contributed by atoms with Gasteiger partial charge in [0.15, 0.2) is 18.9 Å². The van der Waals surface area contributed by atoms with Gasteiger partial charge in [0.25, 0.3) is 0 Å². The van der Waals surface area contributed by atoms with Crippen LogP contribution in [0.3, 0.4) is 0 Å². The molecule has 8 rings (SSSR count). The van der Waals surface area contributed by atoms with E-state index in [2.05, 4.69) is 6.92 Å². The summed E-state index contributed by atoms with van der Waals surface area (Å²) in [6.07, 6.45) is -1.51. The average molecular weight is 839 g/mol. The third-order valence-electron chi connectivity index (χ3n) is 16.0. The summed E-state index contributed by atoms with van der Waals surface area (Å²) in [5, 5.41) is 66.9. The van der Waals surface area contributed by atoms with E-state index in [0.29, 0.717) is 18.8 Å². The third-order valence-corrected chi connectivity index (χ3v) is 16.0. The van der Waals surface area contributed by atoms with Gasteiger partial charge in [0.2, 0.25) is 0 Å². The van der Waals surface area contributed by atoms with Crippen LogP contribution >= 0.6 is 0 Å². The molecular formula is C44H70O15. The number of hydrogen-bond donors (Lipinski definition) is 6. The fourth-order valence-corrected chi connectivity index (χ4v) is 12.8. The Morgan fingerprint density at radius 1 is 0.712 bits per heavy atom. The predicted molar refractivity (Wildman–Crippen MR) is 209 cm³/mol. The molecule has 6 N–H and O–H groups in total. The van der Waals surface area contributed by atoms with E-state index >= 15 is 0 Å². The minimum absolute atomic E-state index is 0.0452. The quantitative estimate of drug-likeness (QED) is 0.160.